The Morgan fingerprint density at radius 2 is 2.09 bits per heavy atom. The molecule has 0 bridgehead atoms. The summed E-state index contributed by atoms with van der Waals surface area (Å²) in [7, 11) is 0. The monoisotopic (exact) mass is 502 g/mol. The van der Waals surface area contributed by atoms with Crippen molar-refractivity contribution in [3.05, 3.63) is 35.0 Å². The summed E-state index contributed by atoms with van der Waals surface area (Å²) in [6.45, 7) is 4.05. The standard InChI is InChI=1S/C24H27ClN4O6/c1-13(2)34-23(31)27-15-8-17-16-7-14(11-26)3-4-18(16)29(19(17)9-15)12-20-21(35-22(30)10-25)5-6-28(20)24(32)33/h3-4,7,13,15,20-21H,5-6,8-10,12H2,1-2H3,(H,27,31)(H,32,33)/t15-,20+,21+/m0/s1. The third-order valence-electron chi connectivity index (χ3n) is 6.46. The number of fused-ring (bicyclic) bond motifs is 3. The highest BCUT2D eigenvalue weighted by atomic mass is 35.5. The van der Waals surface area contributed by atoms with Crippen LogP contribution in [-0.4, -0.2) is 69.4 Å². The van der Waals surface area contributed by atoms with Gasteiger partial charge in [0.05, 0.1) is 23.8 Å². The molecule has 1 aliphatic heterocycles. The van der Waals surface area contributed by atoms with Crippen molar-refractivity contribution in [1.29, 1.82) is 5.26 Å². The minimum atomic E-state index is -1.09. The van der Waals surface area contributed by atoms with Crippen LogP contribution in [0, 0.1) is 11.3 Å². The molecule has 1 saturated heterocycles. The van der Waals surface area contributed by atoms with E-state index in [9.17, 15) is 24.8 Å². The maximum absolute atomic E-state index is 12.2. The zero-order chi connectivity index (χ0) is 25.3. The number of nitrogens with zero attached hydrogens (tertiary/aromatic N) is 3. The summed E-state index contributed by atoms with van der Waals surface area (Å²) < 4.78 is 12.7. The van der Waals surface area contributed by atoms with Crippen LogP contribution < -0.4 is 5.32 Å². The van der Waals surface area contributed by atoms with Crippen molar-refractivity contribution in [2.75, 3.05) is 12.4 Å². The van der Waals surface area contributed by atoms with E-state index < -0.39 is 30.3 Å². The SMILES string of the molecule is CC(C)OC(=O)N[C@H]1Cc2c(n(C[C@@H]3[C@H](OC(=O)CCl)CCN3C(=O)O)c3ccc(C#N)cc23)C1. The van der Waals surface area contributed by atoms with E-state index in [-0.39, 0.29) is 31.1 Å². The molecule has 2 N–H and O–H groups in total. The summed E-state index contributed by atoms with van der Waals surface area (Å²) >= 11 is 5.61. The Balaban J connectivity index is 1.69. The predicted molar refractivity (Wildman–Crippen MR) is 126 cm³/mol. The number of nitrogens with one attached hydrogen (secondary N) is 1. The Hall–Kier alpha value is -3.45. The van der Waals surface area contributed by atoms with E-state index in [1.807, 2.05) is 16.7 Å². The number of esters is 1. The van der Waals surface area contributed by atoms with E-state index >= 15 is 0 Å². The minimum absolute atomic E-state index is 0.198. The lowest BCUT2D eigenvalue weighted by Gasteiger charge is -2.27. The van der Waals surface area contributed by atoms with Gasteiger partial charge in [-0.25, -0.2) is 9.59 Å². The number of alkyl halides is 1. The quantitative estimate of drug-likeness (QED) is 0.458. The fraction of sp³-hybridized carbons (Fsp3) is 0.500. The number of amides is 2. The summed E-state index contributed by atoms with van der Waals surface area (Å²) in [5.41, 5.74) is 3.32. The molecule has 2 amide bonds. The lowest BCUT2D eigenvalue weighted by Crippen LogP contribution is -2.43. The van der Waals surface area contributed by atoms with Crippen LogP contribution in [0.25, 0.3) is 10.9 Å². The van der Waals surface area contributed by atoms with Crippen LogP contribution in [0.15, 0.2) is 18.2 Å². The average Bonchev–Trinajstić information content (AvgIpc) is 3.46. The summed E-state index contributed by atoms with van der Waals surface area (Å²) in [6.07, 6.45) is -1.00. The summed E-state index contributed by atoms with van der Waals surface area (Å²) in [5.74, 6) is -0.905. The van der Waals surface area contributed by atoms with Gasteiger partial charge in [-0.15, -0.1) is 11.6 Å². The molecular weight excluding hydrogens is 476 g/mol. The molecule has 0 saturated carbocycles. The maximum Gasteiger partial charge on any atom is 0.407 e. The number of nitriles is 1. The van der Waals surface area contributed by atoms with E-state index in [1.165, 1.54) is 4.90 Å². The smallest absolute Gasteiger partial charge is 0.407 e. The number of carbonyl (C=O) groups excluding carboxylic acids is 2. The third-order valence-corrected chi connectivity index (χ3v) is 6.68. The lowest BCUT2D eigenvalue weighted by molar-refractivity contribution is -0.147. The summed E-state index contributed by atoms with van der Waals surface area (Å²) in [4.78, 5) is 37.3. The maximum atomic E-state index is 12.2. The van der Waals surface area contributed by atoms with Gasteiger partial charge < -0.3 is 24.5 Å². The number of hydrogen-bond acceptors (Lipinski definition) is 6. The molecule has 0 radical (unpaired) electrons. The Bertz CT molecular complexity index is 1200. The lowest BCUT2D eigenvalue weighted by atomic mass is 10.1. The molecule has 0 unspecified atom stereocenters. The van der Waals surface area contributed by atoms with Crippen molar-refractivity contribution in [1.82, 2.24) is 14.8 Å². The number of aromatic nitrogens is 1. The van der Waals surface area contributed by atoms with Gasteiger partial charge in [0.2, 0.25) is 0 Å². The first kappa shape index (κ1) is 24.7. The average molecular weight is 503 g/mol. The van der Waals surface area contributed by atoms with Gasteiger partial charge in [0.15, 0.2) is 0 Å². The van der Waals surface area contributed by atoms with Gasteiger partial charge in [-0.2, -0.15) is 5.26 Å². The molecule has 0 spiro atoms. The molecule has 1 aromatic carbocycles. The highest BCUT2D eigenvalue weighted by molar-refractivity contribution is 6.26. The number of ether oxygens (including phenoxy) is 2. The number of halogens is 1. The highest BCUT2D eigenvalue weighted by Gasteiger charge is 2.41. The first-order chi connectivity index (χ1) is 16.7. The zero-order valence-corrected chi connectivity index (χ0v) is 20.2. The van der Waals surface area contributed by atoms with E-state index in [2.05, 4.69) is 11.4 Å². The summed E-state index contributed by atoms with van der Waals surface area (Å²) in [6, 6.07) is 6.74. The van der Waals surface area contributed by atoms with Gasteiger partial charge in [0.25, 0.3) is 0 Å². The molecule has 186 valence electrons. The number of alkyl carbamates (subject to hydrolysis) is 1. The molecule has 2 aliphatic rings. The van der Waals surface area contributed by atoms with E-state index in [0.717, 1.165) is 22.2 Å². The topological polar surface area (TPSA) is 134 Å². The Kier molecular flexibility index (Phi) is 7.08. The number of benzene rings is 1. The molecular formula is C24H27ClN4O6. The zero-order valence-electron chi connectivity index (χ0n) is 19.5. The molecule has 35 heavy (non-hydrogen) atoms. The van der Waals surface area contributed by atoms with Crippen molar-refractivity contribution < 1.29 is 29.0 Å². The second kappa shape index (κ2) is 10.0. The van der Waals surface area contributed by atoms with Crippen molar-refractivity contribution >= 4 is 40.7 Å². The highest BCUT2D eigenvalue weighted by Crippen LogP contribution is 2.36. The van der Waals surface area contributed by atoms with Crippen molar-refractivity contribution in [3.63, 3.8) is 0 Å². The molecule has 1 aliphatic carbocycles. The van der Waals surface area contributed by atoms with Crippen molar-refractivity contribution in [2.45, 2.75) is 63.9 Å². The van der Waals surface area contributed by atoms with Crippen LogP contribution in [0.3, 0.4) is 0 Å². The number of carbonyl (C=O) groups is 3. The summed E-state index contributed by atoms with van der Waals surface area (Å²) in [5, 5.41) is 23.0. The fourth-order valence-corrected chi connectivity index (χ4v) is 5.15. The fourth-order valence-electron chi connectivity index (χ4n) is 5.09. The molecule has 1 fully saturated rings. The van der Waals surface area contributed by atoms with E-state index in [4.69, 9.17) is 21.1 Å². The molecule has 10 nitrogen and oxygen atoms in total. The van der Waals surface area contributed by atoms with Gasteiger partial charge in [-0.05, 0) is 44.0 Å². The first-order valence-corrected chi connectivity index (χ1v) is 12.0. The van der Waals surface area contributed by atoms with Gasteiger partial charge in [0.1, 0.15) is 12.0 Å². The molecule has 3 atom stereocenters. The molecule has 2 heterocycles. The Morgan fingerprint density at radius 1 is 1.31 bits per heavy atom. The third kappa shape index (κ3) is 5.00. The Morgan fingerprint density at radius 3 is 2.74 bits per heavy atom. The number of carboxylic acid groups (broad SMARTS) is 1. The number of rotatable bonds is 6. The first-order valence-electron chi connectivity index (χ1n) is 11.5. The van der Waals surface area contributed by atoms with Crippen LogP contribution in [0.1, 0.15) is 37.1 Å². The van der Waals surface area contributed by atoms with Crippen LogP contribution in [-0.2, 0) is 33.7 Å². The van der Waals surface area contributed by atoms with Crippen LogP contribution in [0.2, 0.25) is 0 Å². The molecule has 2 aromatic rings. The van der Waals surface area contributed by atoms with Gasteiger partial charge in [-0.1, -0.05) is 0 Å². The molecule has 1 aromatic heterocycles. The number of likely N-dealkylation sites (tertiary alicyclic amines) is 1. The van der Waals surface area contributed by atoms with Crippen LogP contribution >= 0.6 is 11.6 Å². The van der Waals surface area contributed by atoms with Gasteiger partial charge >= 0.3 is 18.2 Å². The predicted octanol–water partition coefficient (Wildman–Crippen LogP) is 3.02. The van der Waals surface area contributed by atoms with E-state index in [1.54, 1.807) is 19.9 Å². The van der Waals surface area contributed by atoms with Crippen molar-refractivity contribution in [2.24, 2.45) is 0 Å². The van der Waals surface area contributed by atoms with Crippen LogP contribution in [0.5, 0.6) is 0 Å². The Labute approximate surface area is 207 Å². The second-order valence-electron chi connectivity index (χ2n) is 9.08. The second-order valence-corrected chi connectivity index (χ2v) is 9.34. The van der Waals surface area contributed by atoms with Crippen molar-refractivity contribution in [3.8, 4) is 6.07 Å². The minimum Gasteiger partial charge on any atom is -0.465 e. The van der Waals surface area contributed by atoms with E-state index in [0.29, 0.717) is 24.8 Å². The number of hydrogen-bond donors (Lipinski definition) is 2. The van der Waals surface area contributed by atoms with Crippen LogP contribution in [0.4, 0.5) is 9.59 Å². The molecule has 11 heteroatoms. The largest absolute Gasteiger partial charge is 0.465 e. The van der Waals surface area contributed by atoms with Gasteiger partial charge in [0, 0.05) is 48.6 Å². The van der Waals surface area contributed by atoms with Gasteiger partial charge in [-0.3, -0.25) is 9.69 Å². The molecule has 4 rings (SSSR count). The normalized spacial score (nSPS) is 21.1.